The van der Waals surface area contributed by atoms with Gasteiger partial charge in [-0.15, -0.1) is 11.3 Å². The average molecular weight is 311 g/mol. The molecule has 0 fully saturated rings. The largest absolute Gasteiger partial charge is 0.416 e. The van der Waals surface area contributed by atoms with E-state index >= 15 is 0 Å². The van der Waals surface area contributed by atoms with Crippen molar-refractivity contribution in [2.24, 2.45) is 0 Å². The number of nitrogen functional groups attached to an aromatic ring is 1. The van der Waals surface area contributed by atoms with E-state index in [0.717, 1.165) is 16.6 Å². The van der Waals surface area contributed by atoms with Gasteiger partial charge in [0.05, 0.1) is 22.9 Å². The Balaban J connectivity index is 2.47. The van der Waals surface area contributed by atoms with Crippen LogP contribution in [0.25, 0.3) is 0 Å². The molecular weight excluding hydrogens is 299 g/mol. The molecular formula is C14H12F3N3S. The van der Waals surface area contributed by atoms with Crippen LogP contribution in [-0.2, 0) is 19.0 Å². The Morgan fingerprint density at radius 1 is 1.38 bits per heavy atom. The standard InChI is InChI=1S/C14H12F3N3S/c1-2-11-12(21-13(19)20-11)6-9-4-3-8(7-18)5-10(9)14(15,16)17/h3-5H,2,6H2,1H3,(H2,19,20). The highest BCUT2D eigenvalue weighted by Gasteiger charge is 2.33. The Hall–Kier alpha value is -2.07. The van der Waals surface area contributed by atoms with Crippen LogP contribution in [0.2, 0.25) is 0 Å². The first-order chi connectivity index (χ1) is 9.85. The lowest BCUT2D eigenvalue weighted by Gasteiger charge is -2.13. The topological polar surface area (TPSA) is 62.7 Å². The first kappa shape index (κ1) is 15.3. The molecule has 2 aromatic rings. The summed E-state index contributed by atoms with van der Waals surface area (Å²) in [7, 11) is 0. The molecule has 2 rings (SSSR count). The number of halogens is 3. The number of rotatable bonds is 3. The van der Waals surface area contributed by atoms with E-state index in [1.165, 1.54) is 23.5 Å². The molecule has 0 bridgehead atoms. The van der Waals surface area contributed by atoms with Crippen LogP contribution in [0.4, 0.5) is 18.3 Å². The van der Waals surface area contributed by atoms with Crippen molar-refractivity contribution in [1.82, 2.24) is 4.98 Å². The van der Waals surface area contributed by atoms with Crippen LogP contribution in [0.1, 0.15) is 34.2 Å². The minimum Gasteiger partial charge on any atom is -0.375 e. The van der Waals surface area contributed by atoms with Gasteiger partial charge >= 0.3 is 6.18 Å². The van der Waals surface area contributed by atoms with Crippen molar-refractivity contribution in [3.63, 3.8) is 0 Å². The third kappa shape index (κ3) is 3.34. The molecule has 110 valence electrons. The van der Waals surface area contributed by atoms with Crippen LogP contribution in [0.3, 0.4) is 0 Å². The molecule has 0 unspecified atom stereocenters. The molecule has 0 spiro atoms. The lowest BCUT2D eigenvalue weighted by atomic mass is 10.00. The summed E-state index contributed by atoms with van der Waals surface area (Å²) in [6, 6.07) is 5.34. The number of nitrogens with two attached hydrogens (primary N) is 1. The number of nitriles is 1. The quantitative estimate of drug-likeness (QED) is 0.938. The first-order valence-corrected chi connectivity index (χ1v) is 7.01. The number of thiazole rings is 1. The van der Waals surface area contributed by atoms with Crippen LogP contribution in [-0.4, -0.2) is 4.98 Å². The molecule has 1 heterocycles. The second kappa shape index (κ2) is 5.74. The summed E-state index contributed by atoms with van der Waals surface area (Å²) in [6.07, 6.45) is -3.77. The summed E-state index contributed by atoms with van der Waals surface area (Å²) in [5, 5.41) is 9.10. The van der Waals surface area contributed by atoms with Crippen molar-refractivity contribution in [2.45, 2.75) is 25.9 Å². The van der Waals surface area contributed by atoms with E-state index in [1.54, 1.807) is 6.07 Å². The molecule has 0 atom stereocenters. The summed E-state index contributed by atoms with van der Waals surface area (Å²) < 4.78 is 39.3. The van der Waals surface area contributed by atoms with Gasteiger partial charge in [0.1, 0.15) is 0 Å². The van der Waals surface area contributed by atoms with Gasteiger partial charge in [-0.25, -0.2) is 4.98 Å². The molecule has 3 nitrogen and oxygen atoms in total. The highest BCUT2D eigenvalue weighted by molar-refractivity contribution is 7.15. The third-order valence-electron chi connectivity index (χ3n) is 3.03. The lowest BCUT2D eigenvalue weighted by Crippen LogP contribution is -2.10. The normalized spacial score (nSPS) is 11.4. The maximum Gasteiger partial charge on any atom is 0.416 e. The van der Waals surface area contributed by atoms with Crippen LogP contribution in [0, 0.1) is 11.3 Å². The summed E-state index contributed by atoms with van der Waals surface area (Å²) >= 11 is 1.20. The number of hydrogen-bond donors (Lipinski definition) is 1. The number of hydrogen-bond acceptors (Lipinski definition) is 4. The molecule has 1 aromatic heterocycles. The first-order valence-electron chi connectivity index (χ1n) is 6.19. The summed E-state index contributed by atoms with van der Waals surface area (Å²) in [6.45, 7) is 1.88. The third-order valence-corrected chi connectivity index (χ3v) is 3.95. The van der Waals surface area contributed by atoms with E-state index in [-0.39, 0.29) is 17.5 Å². The SMILES string of the molecule is CCc1nc(N)sc1Cc1ccc(C#N)cc1C(F)(F)F. The fourth-order valence-corrected chi connectivity index (χ4v) is 3.00. The Kier molecular flexibility index (Phi) is 4.19. The molecule has 0 saturated carbocycles. The highest BCUT2D eigenvalue weighted by atomic mass is 32.1. The fraction of sp³-hybridized carbons (Fsp3) is 0.286. The number of alkyl halides is 3. The van der Waals surface area contributed by atoms with Crippen molar-refractivity contribution < 1.29 is 13.2 Å². The Bertz CT molecular complexity index is 698. The fourth-order valence-electron chi connectivity index (χ4n) is 2.05. The molecule has 21 heavy (non-hydrogen) atoms. The van der Waals surface area contributed by atoms with Gasteiger partial charge in [0.25, 0.3) is 0 Å². The van der Waals surface area contributed by atoms with Crippen LogP contribution in [0.15, 0.2) is 18.2 Å². The number of nitrogens with zero attached hydrogens (tertiary/aromatic N) is 2. The number of aromatic nitrogens is 1. The molecule has 0 saturated heterocycles. The van der Waals surface area contributed by atoms with Gasteiger partial charge in [0.15, 0.2) is 5.13 Å². The maximum absolute atomic E-state index is 13.1. The van der Waals surface area contributed by atoms with E-state index in [2.05, 4.69) is 4.98 Å². The molecule has 0 aliphatic carbocycles. The molecule has 2 N–H and O–H groups in total. The summed E-state index contributed by atoms with van der Waals surface area (Å²) in [5.41, 5.74) is 5.67. The molecule has 1 aromatic carbocycles. The minimum atomic E-state index is -4.50. The predicted molar refractivity (Wildman–Crippen MR) is 74.9 cm³/mol. The van der Waals surface area contributed by atoms with Crippen molar-refractivity contribution in [1.29, 1.82) is 5.26 Å². The van der Waals surface area contributed by atoms with Crippen LogP contribution in [0.5, 0.6) is 0 Å². The van der Waals surface area contributed by atoms with Crippen molar-refractivity contribution >= 4 is 16.5 Å². The monoisotopic (exact) mass is 311 g/mol. The van der Waals surface area contributed by atoms with Crippen molar-refractivity contribution in [3.05, 3.63) is 45.5 Å². The van der Waals surface area contributed by atoms with Crippen LogP contribution >= 0.6 is 11.3 Å². The second-order valence-corrected chi connectivity index (χ2v) is 5.55. The van der Waals surface area contributed by atoms with E-state index in [9.17, 15) is 13.2 Å². The molecule has 0 aliphatic heterocycles. The van der Waals surface area contributed by atoms with E-state index in [1.807, 2.05) is 6.92 Å². The zero-order valence-electron chi connectivity index (χ0n) is 11.2. The van der Waals surface area contributed by atoms with Gasteiger partial charge in [0.2, 0.25) is 0 Å². The number of anilines is 1. The van der Waals surface area contributed by atoms with E-state index in [4.69, 9.17) is 11.0 Å². The average Bonchev–Trinajstić information content (AvgIpc) is 2.78. The highest BCUT2D eigenvalue weighted by Crippen LogP contribution is 2.35. The lowest BCUT2D eigenvalue weighted by molar-refractivity contribution is -0.138. The van der Waals surface area contributed by atoms with Gasteiger partial charge in [0, 0.05) is 11.3 Å². The van der Waals surface area contributed by atoms with Gasteiger partial charge in [-0.05, 0) is 24.1 Å². The van der Waals surface area contributed by atoms with Crippen molar-refractivity contribution in [2.75, 3.05) is 5.73 Å². The minimum absolute atomic E-state index is 0.00870. The molecule has 0 amide bonds. The number of benzene rings is 1. The zero-order chi connectivity index (χ0) is 15.6. The predicted octanol–water partition coefficient (Wildman–Crippen LogP) is 3.77. The molecule has 0 aliphatic rings. The number of aryl methyl sites for hydroxylation is 1. The van der Waals surface area contributed by atoms with E-state index < -0.39 is 11.7 Å². The Morgan fingerprint density at radius 3 is 2.67 bits per heavy atom. The maximum atomic E-state index is 13.1. The Labute approximate surface area is 123 Å². The molecule has 7 heteroatoms. The van der Waals surface area contributed by atoms with Gasteiger partial charge < -0.3 is 5.73 Å². The summed E-state index contributed by atoms with van der Waals surface area (Å²) in [5.74, 6) is 0. The van der Waals surface area contributed by atoms with Gasteiger partial charge in [-0.2, -0.15) is 18.4 Å². The Morgan fingerprint density at radius 2 is 2.10 bits per heavy atom. The molecule has 0 radical (unpaired) electrons. The smallest absolute Gasteiger partial charge is 0.375 e. The van der Waals surface area contributed by atoms with Gasteiger partial charge in [-0.3, -0.25) is 0 Å². The summed E-state index contributed by atoms with van der Waals surface area (Å²) in [4.78, 5) is 4.84. The zero-order valence-corrected chi connectivity index (χ0v) is 12.0. The second-order valence-electron chi connectivity index (χ2n) is 4.43. The van der Waals surface area contributed by atoms with E-state index in [0.29, 0.717) is 11.6 Å². The van der Waals surface area contributed by atoms with Crippen LogP contribution < -0.4 is 5.73 Å². The van der Waals surface area contributed by atoms with Crippen molar-refractivity contribution in [3.8, 4) is 6.07 Å². The van der Waals surface area contributed by atoms with Gasteiger partial charge in [-0.1, -0.05) is 13.0 Å².